The zero-order valence-electron chi connectivity index (χ0n) is 15.0. The second-order valence-corrected chi connectivity index (χ2v) is 7.54. The Morgan fingerprint density at radius 3 is 2.74 bits per heavy atom. The molecule has 2 aliphatic rings. The van der Waals surface area contributed by atoms with Crippen molar-refractivity contribution in [2.75, 3.05) is 25.5 Å². The van der Waals surface area contributed by atoms with E-state index in [1.807, 2.05) is 36.4 Å². The number of thioether (sulfide) groups is 1. The molecule has 0 N–H and O–H groups in total. The van der Waals surface area contributed by atoms with E-state index in [0.29, 0.717) is 29.5 Å². The van der Waals surface area contributed by atoms with Crippen molar-refractivity contribution < 1.29 is 19.1 Å². The molecule has 1 atom stereocenters. The lowest BCUT2D eigenvalue weighted by Gasteiger charge is -2.27. The van der Waals surface area contributed by atoms with E-state index in [4.69, 9.17) is 9.47 Å². The summed E-state index contributed by atoms with van der Waals surface area (Å²) < 4.78 is 10.7. The van der Waals surface area contributed by atoms with Crippen LogP contribution in [0.1, 0.15) is 15.9 Å². The van der Waals surface area contributed by atoms with Crippen LogP contribution in [0.15, 0.2) is 48.5 Å². The van der Waals surface area contributed by atoms with Crippen LogP contribution >= 0.6 is 11.8 Å². The lowest BCUT2D eigenvalue weighted by Crippen LogP contribution is -2.47. The predicted molar refractivity (Wildman–Crippen MR) is 103 cm³/mol. The summed E-state index contributed by atoms with van der Waals surface area (Å²) in [4.78, 5) is 29.1. The van der Waals surface area contributed by atoms with Crippen LogP contribution < -0.4 is 9.47 Å². The smallest absolute Gasteiger partial charge is 0.255 e. The van der Waals surface area contributed by atoms with Crippen molar-refractivity contribution in [3.63, 3.8) is 0 Å². The van der Waals surface area contributed by atoms with Crippen LogP contribution in [0.5, 0.6) is 11.5 Å². The van der Waals surface area contributed by atoms with Crippen molar-refractivity contribution in [3.8, 4) is 11.5 Å². The number of benzene rings is 2. The molecule has 0 bridgehead atoms. The third kappa shape index (κ3) is 3.60. The number of fused-ring (bicyclic) bond motifs is 1. The summed E-state index contributed by atoms with van der Waals surface area (Å²) in [6, 6.07) is 14.3. The lowest BCUT2D eigenvalue weighted by molar-refractivity contribution is -0.134. The molecule has 2 aromatic carbocycles. The number of rotatable bonds is 4. The molecule has 0 radical (unpaired) electrons. The van der Waals surface area contributed by atoms with Crippen molar-refractivity contribution in [2.45, 2.75) is 12.6 Å². The van der Waals surface area contributed by atoms with Gasteiger partial charge in [0.15, 0.2) is 11.5 Å². The normalized spacial score (nSPS) is 17.8. The monoisotopic (exact) mass is 384 g/mol. The fourth-order valence-electron chi connectivity index (χ4n) is 3.24. The van der Waals surface area contributed by atoms with Gasteiger partial charge in [-0.25, -0.2) is 0 Å². The molecule has 2 aromatic rings. The average molecular weight is 384 g/mol. The van der Waals surface area contributed by atoms with Gasteiger partial charge in [-0.15, -0.1) is 11.8 Å². The molecule has 0 aromatic heterocycles. The summed E-state index contributed by atoms with van der Waals surface area (Å²) in [6.45, 7) is 0.674. The highest BCUT2D eigenvalue weighted by molar-refractivity contribution is 7.99. The number of amides is 2. The highest BCUT2D eigenvalue weighted by Crippen LogP contribution is 2.33. The maximum Gasteiger partial charge on any atom is 0.255 e. The van der Waals surface area contributed by atoms with Crippen LogP contribution in [0.2, 0.25) is 0 Å². The van der Waals surface area contributed by atoms with Crippen molar-refractivity contribution in [3.05, 3.63) is 59.7 Å². The third-order valence-electron chi connectivity index (χ3n) is 4.68. The first-order valence-electron chi connectivity index (χ1n) is 8.71. The number of hydrogen-bond donors (Lipinski definition) is 0. The Kier molecular flexibility index (Phi) is 4.94. The standard InChI is InChI=1S/C20H20N2O4S/c1-21(10-14-7-8-17-18(9-14)26-13-25-17)20(24)16-11-27-12-22(16)19(23)15-5-3-2-4-6-15/h2-9,16H,10-13H2,1H3/t16-/m1/s1. The number of likely N-dealkylation sites (N-methyl/N-ethyl adjacent to an activating group) is 1. The Bertz CT molecular complexity index is 858. The highest BCUT2D eigenvalue weighted by Gasteiger charge is 2.36. The summed E-state index contributed by atoms with van der Waals surface area (Å²) in [5.41, 5.74) is 1.57. The van der Waals surface area contributed by atoms with Crippen LogP contribution in [0.3, 0.4) is 0 Å². The molecule has 2 amide bonds. The fourth-order valence-corrected chi connectivity index (χ4v) is 4.38. The molecule has 0 aliphatic carbocycles. The van der Waals surface area contributed by atoms with Crippen molar-refractivity contribution in [1.82, 2.24) is 9.80 Å². The lowest BCUT2D eigenvalue weighted by atomic mass is 10.1. The Labute approximate surface area is 162 Å². The zero-order valence-corrected chi connectivity index (χ0v) is 15.8. The first-order chi connectivity index (χ1) is 13.1. The van der Waals surface area contributed by atoms with Crippen LogP contribution in [0.4, 0.5) is 0 Å². The highest BCUT2D eigenvalue weighted by atomic mass is 32.2. The second kappa shape index (κ2) is 7.52. The molecule has 2 heterocycles. The molecule has 6 nitrogen and oxygen atoms in total. The molecular weight excluding hydrogens is 364 g/mol. The van der Waals surface area contributed by atoms with Crippen LogP contribution in [-0.4, -0.2) is 53.1 Å². The van der Waals surface area contributed by atoms with E-state index in [2.05, 4.69) is 0 Å². The van der Waals surface area contributed by atoms with E-state index in [1.165, 1.54) is 0 Å². The van der Waals surface area contributed by atoms with Crippen molar-refractivity contribution >= 4 is 23.6 Å². The zero-order chi connectivity index (χ0) is 18.8. The van der Waals surface area contributed by atoms with E-state index in [0.717, 1.165) is 11.3 Å². The minimum Gasteiger partial charge on any atom is -0.454 e. The van der Waals surface area contributed by atoms with E-state index >= 15 is 0 Å². The van der Waals surface area contributed by atoms with Gasteiger partial charge < -0.3 is 19.3 Å². The topological polar surface area (TPSA) is 59.1 Å². The Morgan fingerprint density at radius 2 is 1.93 bits per heavy atom. The predicted octanol–water partition coefficient (Wildman–Crippen LogP) is 2.59. The summed E-state index contributed by atoms with van der Waals surface area (Å²) in [7, 11) is 1.76. The summed E-state index contributed by atoms with van der Waals surface area (Å²) in [6.07, 6.45) is 0. The van der Waals surface area contributed by atoms with E-state index < -0.39 is 6.04 Å². The first-order valence-corrected chi connectivity index (χ1v) is 9.86. The second-order valence-electron chi connectivity index (χ2n) is 6.54. The van der Waals surface area contributed by atoms with Crippen LogP contribution in [0.25, 0.3) is 0 Å². The molecule has 1 fully saturated rings. The first kappa shape index (κ1) is 17.7. The van der Waals surface area contributed by atoms with Gasteiger partial charge >= 0.3 is 0 Å². The van der Waals surface area contributed by atoms with Crippen molar-refractivity contribution in [1.29, 1.82) is 0 Å². The molecule has 4 rings (SSSR count). The molecular formula is C20H20N2O4S. The number of ether oxygens (including phenoxy) is 2. The number of carbonyl (C=O) groups is 2. The SMILES string of the molecule is CN(Cc1ccc2c(c1)OCO2)C(=O)[C@H]1CSCN1C(=O)c1ccccc1. The summed E-state index contributed by atoms with van der Waals surface area (Å²) in [5.74, 6) is 2.41. The molecule has 0 saturated carbocycles. The van der Waals surface area contributed by atoms with Crippen molar-refractivity contribution in [2.24, 2.45) is 0 Å². The number of hydrogen-bond acceptors (Lipinski definition) is 5. The average Bonchev–Trinajstić information content (AvgIpc) is 3.36. The number of carbonyl (C=O) groups excluding carboxylic acids is 2. The summed E-state index contributed by atoms with van der Waals surface area (Å²) in [5, 5.41) is 0. The van der Waals surface area contributed by atoms with E-state index in [9.17, 15) is 9.59 Å². The molecule has 0 unspecified atom stereocenters. The summed E-state index contributed by atoms with van der Waals surface area (Å²) >= 11 is 1.60. The Morgan fingerprint density at radius 1 is 1.15 bits per heavy atom. The maximum absolute atomic E-state index is 13.0. The van der Waals surface area contributed by atoms with Gasteiger partial charge in [-0.1, -0.05) is 24.3 Å². The Hall–Kier alpha value is -2.67. The third-order valence-corrected chi connectivity index (χ3v) is 5.69. The minimum absolute atomic E-state index is 0.0538. The van der Waals surface area contributed by atoms with Crippen LogP contribution in [0, 0.1) is 0 Å². The molecule has 27 heavy (non-hydrogen) atoms. The minimum atomic E-state index is -0.443. The quantitative estimate of drug-likeness (QED) is 0.811. The van der Waals surface area contributed by atoms with Gasteiger partial charge in [0.1, 0.15) is 6.04 Å². The molecule has 2 aliphatic heterocycles. The van der Waals surface area contributed by atoms with Gasteiger partial charge in [0.2, 0.25) is 12.7 Å². The van der Waals surface area contributed by atoms with Gasteiger partial charge in [0.05, 0.1) is 5.88 Å². The number of nitrogens with zero attached hydrogens (tertiary/aromatic N) is 2. The van der Waals surface area contributed by atoms with Gasteiger partial charge in [-0.05, 0) is 29.8 Å². The van der Waals surface area contributed by atoms with Gasteiger partial charge in [0, 0.05) is 24.9 Å². The Balaban J connectivity index is 1.45. The molecule has 140 valence electrons. The molecule has 7 heteroatoms. The molecule has 0 spiro atoms. The van der Waals surface area contributed by atoms with Crippen LogP contribution in [-0.2, 0) is 11.3 Å². The van der Waals surface area contributed by atoms with Gasteiger partial charge in [0.25, 0.3) is 5.91 Å². The largest absolute Gasteiger partial charge is 0.454 e. The molecule has 1 saturated heterocycles. The fraction of sp³-hybridized carbons (Fsp3) is 0.300. The van der Waals surface area contributed by atoms with E-state index in [-0.39, 0.29) is 18.6 Å². The maximum atomic E-state index is 13.0. The van der Waals surface area contributed by atoms with E-state index in [1.54, 1.807) is 40.7 Å². The van der Waals surface area contributed by atoms with Gasteiger partial charge in [-0.2, -0.15) is 0 Å². The van der Waals surface area contributed by atoms with Gasteiger partial charge in [-0.3, -0.25) is 9.59 Å².